The van der Waals surface area contributed by atoms with Crippen molar-refractivity contribution >= 4 is 12.0 Å². The Kier molecular flexibility index (Phi) is 5.05. The molecule has 4 nitrogen and oxygen atoms in total. The maximum atomic E-state index is 5.76. The van der Waals surface area contributed by atoms with Gasteiger partial charge in [0, 0.05) is 13.1 Å². The van der Waals surface area contributed by atoms with Crippen LogP contribution in [0.3, 0.4) is 0 Å². The molecule has 1 aliphatic rings. The first-order chi connectivity index (χ1) is 10.9. The molecule has 2 aromatic carbocycles. The van der Waals surface area contributed by atoms with E-state index in [-0.39, 0.29) is 0 Å². The molecule has 0 aromatic heterocycles. The van der Waals surface area contributed by atoms with Gasteiger partial charge in [-0.1, -0.05) is 30.3 Å². The lowest BCUT2D eigenvalue weighted by molar-refractivity contribution is 0.0701. The monoisotopic (exact) mass is 296 g/mol. The molecule has 0 saturated carbocycles. The molecule has 3 rings (SSSR count). The van der Waals surface area contributed by atoms with Crippen LogP contribution in [0.25, 0.3) is 0 Å². The first-order valence-corrected chi connectivity index (χ1v) is 7.53. The van der Waals surface area contributed by atoms with Crippen molar-refractivity contribution in [2.24, 2.45) is 4.99 Å². The largest absolute Gasteiger partial charge is 0.489 e. The second-order valence-electron chi connectivity index (χ2n) is 5.16. The molecular weight excluding hydrogens is 276 g/mol. The molecule has 0 unspecified atom stereocenters. The van der Waals surface area contributed by atoms with Crippen LogP contribution >= 0.6 is 0 Å². The Hall–Kier alpha value is -2.33. The molecule has 0 amide bonds. The number of ether oxygens (including phenoxy) is 2. The Morgan fingerprint density at radius 3 is 2.45 bits per heavy atom. The maximum absolute atomic E-state index is 5.76. The van der Waals surface area contributed by atoms with Gasteiger partial charge in [0.05, 0.1) is 25.2 Å². The number of hydrogen-bond acceptors (Lipinski definition) is 3. The standard InChI is InChI=1S/C18H20N2O2/c1-2-4-16(5-3-1)14-22-18-8-6-17(7-9-18)19-15-20-10-12-21-13-11-20/h1-9,15H,10-14H2. The van der Waals surface area contributed by atoms with Gasteiger partial charge in [0.2, 0.25) is 0 Å². The van der Waals surface area contributed by atoms with Crippen molar-refractivity contribution in [2.75, 3.05) is 26.3 Å². The van der Waals surface area contributed by atoms with Gasteiger partial charge in [0.25, 0.3) is 0 Å². The summed E-state index contributed by atoms with van der Waals surface area (Å²) in [7, 11) is 0. The summed E-state index contributed by atoms with van der Waals surface area (Å²) >= 11 is 0. The summed E-state index contributed by atoms with van der Waals surface area (Å²) < 4.78 is 11.1. The average molecular weight is 296 g/mol. The normalized spacial score (nSPS) is 15.2. The third kappa shape index (κ3) is 4.33. The van der Waals surface area contributed by atoms with E-state index in [1.54, 1.807) is 0 Å². The van der Waals surface area contributed by atoms with Crippen LogP contribution in [0.15, 0.2) is 59.6 Å². The molecule has 114 valence electrons. The average Bonchev–Trinajstić information content (AvgIpc) is 2.61. The lowest BCUT2D eigenvalue weighted by atomic mass is 10.2. The molecule has 1 heterocycles. The summed E-state index contributed by atoms with van der Waals surface area (Å²) in [4.78, 5) is 6.65. The number of nitrogens with zero attached hydrogens (tertiary/aromatic N) is 2. The fourth-order valence-electron chi connectivity index (χ4n) is 2.21. The van der Waals surface area contributed by atoms with Gasteiger partial charge in [-0.2, -0.15) is 0 Å². The summed E-state index contributed by atoms with van der Waals surface area (Å²) in [6, 6.07) is 18.0. The minimum atomic E-state index is 0.581. The van der Waals surface area contributed by atoms with E-state index >= 15 is 0 Å². The predicted molar refractivity (Wildman–Crippen MR) is 87.8 cm³/mol. The first kappa shape index (κ1) is 14.6. The van der Waals surface area contributed by atoms with Crippen LogP contribution in [0.4, 0.5) is 5.69 Å². The number of rotatable bonds is 5. The van der Waals surface area contributed by atoms with Crippen LogP contribution < -0.4 is 4.74 Å². The molecule has 1 saturated heterocycles. The van der Waals surface area contributed by atoms with E-state index in [2.05, 4.69) is 22.0 Å². The van der Waals surface area contributed by atoms with Crippen molar-refractivity contribution in [1.29, 1.82) is 0 Å². The fourth-order valence-corrected chi connectivity index (χ4v) is 2.21. The van der Waals surface area contributed by atoms with Gasteiger partial charge in [-0.05, 0) is 29.8 Å². The third-order valence-electron chi connectivity index (χ3n) is 3.50. The van der Waals surface area contributed by atoms with Gasteiger partial charge in [-0.15, -0.1) is 0 Å². The van der Waals surface area contributed by atoms with E-state index < -0.39 is 0 Å². The van der Waals surface area contributed by atoms with Gasteiger partial charge in [-0.25, -0.2) is 4.99 Å². The highest BCUT2D eigenvalue weighted by Crippen LogP contribution is 2.19. The summed E-state index contributed by atoms with van der Waals surface area (Å²) in [5.41, 5.74) is 2.09. The zero-order valence-corrected chi connectivity index (χ0v) is 12.5. The summed E-state index contributed by atoms with van der Waals surface area (Å²) in [6.45, 7) is 3.94. The Balaban J connectivity index is 1.52. The molecule has 0 spiro atoms. The van der Waals surface area contributed by atoms with Crippen molar-refractivity contribution in [2.45, 2.75) is 6.61 Å². The van der Waals surface area contributed by atoms with Crippen molar-refractivity contribution in [3.8, 4) is 5.75 Å². The minimum absolute atomic E-state index is 0.581. The molecule has 22 heavy (non-hydrogen) atoms. The van der Waals surface area contributed by atoms with E-state index in [0.29, 0.717) is 6.61 Å². The number of morpholine rings is 1. The van der Waals surface area contributed by atoms with Gasteiger partial charge in [0.1, 0.15) is 12.4 Å². The summed E-state index contributed by atoms with van der Waals surface area (Å²) in [5, 5.41) is 0. The minimum Gasteiger partial charge on any atom is -0.489 e. The zero-order valence-electron chi connectivity index (χ0n) is 12.5. The Morgan fingerprint density at radius 2 is 1.73 bits per heavy atom. The lowest BCUT2D eigenvalue weighted by Gasteiger charge is -2.24. The van der Waals surface area contributed by atoms with Crippen molar-refractivity contribution < 1.29 is 9.47 Å². The van der Waals surface area contributed by atoms with Crippen LogP contribution in [-0.2, 0) is 11.3 Å². The second-order valence-corrected chi connectivity index (χ2v) is 5.16. The molecule has 0 atom stereocenters. The topological polar surface area (TPSA) is 34.1 Å². The van der Waals surface area contributed by atoms with Crippen LogP contribution in [0, 0.1) is 0 Å². The molecule has 0 N–H and O–H groups in total. The summed E-state index contributed by atoms with van der Waals surface area (Å²) in [5.74, 6) is 0.856. The van der Waals surface area contributed by atoms with Crippen LogP contribution in [0.5, 0.6) is 5.75 Å². The van der Waals surface area contributed by atoms with E-state index in [1.165, 1.54) is 0 Å². The molecule has 4 heteroatoms. The zero-order chi connectivity index (χ0) is 15.0. The highest BCUT2D eigenvalue weighted by atomic mass is 16.5. The molecule has 2 aromatic rings. The van der Waals surface area contributed by atoms with Gasteiger partial charge < -0.3 is 14.4 Å². The Bertz CT molecular complexity index is 590. The second kappa shape index (κ2) is 7.61. The number of hydrogen-bond donors (Lipinski definition) is 0. The van der Waals surface area contributed by atoms with Crippen LogP contribution in [0.1, 0.15) is 5.56 Å². The number of benzene rings is 2. The van der Waals surface area contributed by atoms with E-state index in [9.17, 15) is 0 Å². The van der Waals surface area contributed by atoms with E-state index in [1.807, 2.05) is 48.8 Å². The summed E-state index contributed by atoms with van der Waals surface area (Å²) in [6.07, 6.45) is 1.89. The highest BCUT2D eigenvalue weighted by Gasteiger charge is 2.05. The number of aliphatic imine (C=N–C) groups is 1. The lowest BCUT2D eigenvalue weighted by Crippen LogP contribution is -2.34. The molecule has 0 aliphatic carbocycles. The van der Waals surface area contributed by atoms with Gasteiger partial charge in [-0.3, -0.25) is 0 Å². The van der Waals surface area contributed by atoms with Gasteiger partial charge in [0.15, 0.2) is 0 Å². The molecule has 1 aliphatic heterocycles. The van der Waals surface area contributed by atoms with Gasteiger partial charge >= 0.3 is 0 Å². The smallest absolute Gasteiger partial charge is 0.119 e. The van der Waals surface area contributed by atoms with E-state index in [0.717, 1.165) is 43.3 Å². The first-order valence-electron chi connectivity index (χ1n) is 7.53. The Labute approximate surface area is 131 Å². The van der Waals surface area contributed by atoms with E-state index in [4.69, 9.17) is 9.47 Å². The van der Waals surface area contributed by atoms with Crippen LogP contribution in [0.2, 0.25) is 0 Å². The SMILES string of the molecule is C(=Nc1ccc(OCc2ccccc2)cc1)N1CCOCC1. The molecule has 1 fully saturated rings. The quantitative estimate of drug-likeness (QED) is 0.627. The Morgan fingerprint density at radius 1 is 1.00 bits per heavy atom. The maximum Gasteiger partial charge on any atom is 0.119 e. The molecule has 0 bridgehead atoms. The highest BCUT2D eigenvalue weighted by molar-refractivity contribution is 5.61. The van der Waals surface area contributed by atoms with Crippen LogP contribution in [-0.4, -0.2) is 37.5 Å². The van der Waals surface area contributed by atoms with Crippen molar-refractivity contribution in [3.05, 3.63) is 60.2 Å². The fraction of sp³-hybridized carbons (Fsp3) is 0.278. The third-order valence-corrected chi connectivity index (χ3v) is 3.50. The molecule has 0 radical (unpaired) electrons. The van der Waals surface area contributed by atoms with Crippen molar-refractivity contribution in [1.82, 2.24) is 4.90 Å². The molecular formula is C18H20N2O2. The van der Waals surface area contributed by atoms with Crippen molar-refractivity contribution in [3.63, 3.8) is 0 Å². The predicted octanol–water partition coefficient (Wildman–Crippen LogP) is 3.26.